The van der Waals surface area contributed by atoms with Crippen LogP contribution in [0.5, 0.6) is 0 Å². The van der Waals surface area contributed by atoms with Gasteiger partial charge in [-0.3, -0.25) is 20.2 Å². The predicted octanol–water partition coefficient (Wildman–Crippen LogP) is 4.65. The highest BCUT2D eigenvalue weighted by atomic mass is 19.1. The lowest BCUT2D eigenvalue weighted by Crippen LogP contribution is -2.20. The summed E-state index contributed by atoms with van der Waals surface area (Å²) < 4.78 is 27.5. The molecule has 0 aromatic heterocycles. The Morgan fingerprint density at radius 3 is 2.40 bits per heavy atom. The van der Waals surface area contributed by atoms with E-state index in [0.29, 0.717) is 25.7 Å². The first-order chi connectivity index (χ1) is 14.3. The maximum atomic E-state index is 13.7. The summed E-state index contributed by atoms with van der Waals surface area (Å²) in [6.45, 7) is 0. The highest BCUT2D eigenvalue weighted by Gasteiger charge is 2.31. The van der Waals surface area contributed by atoms with Crippen molar-refractivity contribution in [3.05, 3.63) is 79.4 Å². The lowest BCUT2D eigenvalue weighted by Gasteiger charge is -2.23. The van der Waals surface area contributed by atoms with Gasteiger partial charge in [0, 0.05) is 17.5 Å². The molecule has 0 heterocycles. The molecule has 2 aromatic carbocycles. The van der Waals surface area contributed by atoms with Crippen molar-refractivity contribution < 1.29 is 28.3 Å². The van der Waals surface area contributed by atoms with Crippen LogP contribution in [0, 0.1) is 31.9 Å². The van der Waals surface area contributed by atoms with Gasteiger partial charge < -0.3 is 4.84 Å². The number of nitrogens with zero attached hydrogens (tertiary/aromatic N) is 3. The number of rotatable bonds is 5. The molecule has 0 radical (unpaired) electrons. The van der Waals surface area contributed by atoms with Gasteiger partial charge >= 0.3 is 5.97 Å². The summed E-state index contributed by atoms with van der Waals surface area (Å²) in [5.41, 5.74) is -1.30. The third-order valence-corrected chi connectivity index (χ3v) is 4.79. The molecule has 1 saturated carbocycles. The third kappa shape index (κ3) is 4.29. The molecule has 0 amide bonds. The van der Waals surface area contributed by atoms with Crippen LogP contribution in [0.15, 0.2) is 41.6 Å². The van der Waals surface area contributed by atoms with E-state index in [2.05, 4.69) is 5.16 Å². The van der Waals surface area contributed by atoms with Gasteiger partial charge in [-0.25, -0.2) is 13.6 Å². The van der Waals surface area contributed by atoms with Crippen molar-refractivity contribution in [3.63, 3.8) is 0 Å². The number of oxime groups is 1. The van der Waals surface area contributed by atoms with Gasteiger partial charge in [0.25, 0.3) is 11.4 Å². The monoisotopic (exact) mass is 419 g/mol. The molecule has 2 aromatic rings. The zero-order valence-corrected chi connectivity index (χ0v) is 15.4. The number of benzene rings is 2. The fourth-order valence-corrected chi connectivity index (χ4v) is 3.38. The summed E-state index contributed by atoms with van der Waals surface area (Å²) >= 11 is 0. The number of nitro groups is 2. The van der Waals surface area contributed by atoms with Crippen LogP contribution in [-0.4, -0.2) is 21.5 Å². The lowest BCUT2D eigenvalue weighted by molar-refractivity contribution is -0.394. The zero-order valence-electron chi connectivity index (χ0n) is 15.4. The predicted molar refractivity (Wildman–Crippen MR) is 100 cm³/mol. The number of non-ortho nitro benzene ring substituents is 1. The van der Waals surface area contributed by atoms with E-state index in [-0.39, 0.29) is 11.3 Å². The standard InChI is InChI=1S/C19H15F2N3O6/c20-14-5-3-6-15(21)18(14)19(25)30-22-16-7-2-1-4-12(16)13-9-8-11(23(26)27)10-17(13)24(28)29/h3,5-6,8-10,12H,1-2,4,7H2/b22-16-/t12-/m1/s1. The molecule has 0 aliphatic heterocycles. The van der Waals surface area contributed by atoms with Crippen LogP contribution in [-0.2, 0) is 4.84 Å². The molecule has 0 bridgehead atoms. The maximum Gasteiger partial charge on any atom is 0.371 e. The molecule has 1 aliphatic rings. The van der Waals surface area contributed by atoms with Crippen molar-refractivity contribution in [2.75, 3.05) is 0 Å². The van der Waals surface area contributed by atoms with Gasteiger partial charge in [0.1, 0.15) is 17.2 Å². The van der Waals surface area contributed by atoms with E-state index in [9.17, 15) is 33.8 Å². The molecule has 1 fully saturated rings. The van der Waals surface area contributed by atoms with Gasteiger partial charge in [-0.05, 0) is 37.5 Å². The first kappa shape index (κ1) is 21.0. The number of carbonyl (C=O) groups excluding carboxylic acids is 1. The minimum absolute atomic E-state index is 0.192. The van der Waals surface area contributed by atoms with Crippen LogP contribution in [0.3, 0.4) is 0 Å². The number of nitro benzene ring substituents is 2. The molecular formula is C19H15F2N3O6. The van der Waals surface area contributed by atoms with E-state index in [4.69, 9.17) is 4.84 Å². The van der Waals surface area contributed by atoms with Crippen LogP contribution in [0.1, 0.15) is 47.5 Å². The summed E-state index contributed by atoms with van der Waals surface area (Å²) in [6, 6.07) is 6.18. The van der Waals surface area contributed by atoms with Gasteiger partial charge in [-0.15, -0.1) is 0 Å². The fraction of sp³-hybridized carbons (Fsp3) is 0.263. The van der Waals surface area contributed by atoms with Crippen LogP contribution in [0.2, 0.25) is 0 Å². The van der Waals surface area contributed by atoms with Crippen LogP contribution in [0.4, 0.5) is 20.2 Å². The molecular weight excluding hydrogens is 404 g/mol. The topological polar surface area (TPSA) is 125 Å². The second-order valence-corrected chi connectivity index (χ2v) is 6.61. The number of halogens is 2. The number of hydrogen-bond acceptors (Lipinski definition) is 7. The third-order valence-electron chi connectivity index (χ3n) is 4.79. The first-order valence-corrected chi connectivity index (χ1v) is 8.94. The molecule has 1 aliphatic carbocycles. The summed E-state index contributed by atoms with van der Waals surface area (Å²) in [5, 5.41) is 26.1. The second-order valence-electron chi connectivity index (χ2n) is 6.61. The minimum Gasteiger partial charge on any atom is -0.313 e. The molecule has 9 nitrogen and oxygen atoms in total. The van der Waals surface area contributed by atoms with Crippen molar-refractivity contribution in [2.45, 2.75) is 31.6 Å². The van der Waals surface area contributed by atoms with E-state index < -0.39 is 50.3 Å². The van der Waals surface area contributed by atoms with E-state index in [1.165, 1.54) is 6.07 Å². The Kier molecular flexibility index (Phi) is 6.09. The first-order valence-electron chi connectivity index (χ1n) is 8.94. The SMILES string of the molecule is O=C(O/N=C1/CCCC[C@@H]1c1ccc([N+](=O)[O-])cc1[N+](=O)[O-])c1c(F)cccc1F. The van der Waals surface area contributed by atoms with Gasteiger partial charge in [0.2, 0.25) is 0 Å². The summed E-state index contributed by atoms with van der Waals surface area (Å²) in [4.78, 5) is 37.7. The van der Waals surface area contributed by atoms with Crippen LogP contribution in [0.25, 0.3) is 0 Å². The molecule has 0 N–H and O–H groups in total. The highest BCUT2D eigenvalue weighted by Crippen LogP contribution is 2.37. The Bertz CT molecular complexity index is 1040. The van der Waals surface area contributed by atoms with Crippen molar-refractivity contribution >= 4 is 23.1 Å². The molecule has 30 heavy (non-hydrogen) atoms. The van der Waals surface area contributed by atoms with Gasteiger partial charge in [0.15, 0.2) is 0 Å². The Labute approximate surface area is 168 Å². The Morgan fingerprint density at radius 1 is 1.07 bits per heavy atom. The molecule has 1 atom stereocenters. The molecule has 0 spiro atoms. The molecule has 0 saturated heterocycles. The largest absolute Gasteiger partial charge is 0.371 e. The smallest absolute Gasteiger partial charge is 0.313 e. The Morgan fingerprint density at radius 2 is 1.77 bits per heavy atom. The second kappa shape index (κ2) is 8.72. The molecule has 0 unspecified atom stereocenters. The van der Waals surface area contributed by atoms with E-state index in [1.54, 1.807) is 0 Å². The van der Waals surface area contributed by atoms with Crippen LogP contribution >= 0.6 is 0 Å². The van der Waals surface area contributed by atoms with E-state index in [1.807, 2.05) is 0 Å². The van der Waals surface area contributed by atoms with Gasteiger partial charge in [0.05, 0.1) is 21.6 Å². The van der Waals surface area contributed by atoms with Crippen molar-refractivity contribution in [3.8, 4) is 0 Å². The van der Waals surface area contributed by atoms with E-state index >= 15 is 0 Å². The van der Waals surface area contributed by atoms with Gasteiger partial charge in [-0.2, -0.15) is 0 Å². The van der Waals surface area contributed by atoms with E-state index in [0.717, 1.165) is 30.3 Å². The summed E-state index contributed by atoms with van der Waals surface area (Å²) in [6.07, 6.45) is 2.14. The minimum atomic E-state index is -1.33. The molecule has 3 rings (SSSR count). The maximum absolute atomic E-state index is 13.7. The quantitative estimate of drug-likeness (QED) is 0.394. The Hall–Kier alpha value is -3.76. The average molecular weight is 419 g/mol. The lowest BCUT2D eigenvalue weighted by atomic mass is 9.81. The Balaban J connectivity index is 1.93. The normalized spacial score (nSPS) is 17.5. The zero-order chi connectivity index (χ0) is 21.8. The fourth-order valence-electron chi connectivity index (χ4n) is 3.38. The average Bonchev–Trinajstić information content (AvgIpc) is 2.71. The number of carbonyl (C=O) groups is 1. The molecule has 156 valence electrons. The van der Waals surface area contributed by atoms with Gasteiger partial charge in [-0.1, -0.05) is 17.6 Å². The van der Waals surface area contributed by atoms with Crippen molar-refractivity contribution in [1.29, 1.82) is 0 Å². The number of hydrogen-bond donors (Lipinski definition) is 0. The molecule has 11 heteroatoms. The van der Waals surface area contributed by atoms with Crippen molar-refractivity contribution in [1.82, 2.24) is 0 Å². The summed E-state index contributed by atoms with van der Waals surface area (Å²) in [5.74, 6) is -4.17. The highest BCUT2D eigenvalue weighted by molar-refractivity contribution is 5.94. The van der Waals surface area contributed by atoms with Crippen LogP contribution < -0.4 is 0 Å². The van der Waals surface area contributed by atoms with Crippen molar-refractivity contribution in [2.24, 2.45) is 5.16 Å². The summed E-state index contributed by atoms with van der Waals surface area (Å²) in [7, 11) is 0.